The fourth-order valence-corrected chi connectivity index (χ4v) is 5.10. The van der Waals surface area contributed by atoms with Crippen molar-refractivity contribution in [2.45, 2.75) is 6.54 Å². The van der Waals surface area contributed by atoms with E-state index in [1.165, 1.54) is 11.8 Å². The van der Waals surface area contributed by atoms with Crippen LogP contribution in [0.25, 0.3) is 17.1 Å². The molecule has 7 nitrogen and oxygen atoms in total. The van der Waals surface area contributed by atoms with Crippen LogP contribution < -0.4 is 5.32 Å². The molecule has 1 N–H and O–H groups in total. The number of aliphatic imine (C=N–C) groups is 1. The van der Waals surface area contributed by atoms with Gasteiger partial charge in [-0.1, -0.05) is 35.3 Å². The number of carbonyl (C=O) groups excluding carboxylic acids is 1. The summed E-state index contributed by atoms with van der Waals surface area (Å²) in [5.41, 5.74) is 3.39. The monoisotopic (exact) mass is 501 g/mol. The Morgan fingerprint density at radius 1 is 1.18 bits per heavy atom. The summed E-state index contributed by atoms with van der Waals surface area (Å²) in [6, 6.07) is 11.2. The number of amidine groups is 1. The van der Waals surface area contributed by atoms with E-state index in [9.17, 15) is 4.79 Å². The number of hydrogen-bond acceptors (Lipinski definition) is 6. The van der Waals surface area contributed by atoms with Gasteiger partial charge in [0.25, 0.3) is 5.91 Å². The number of amides is 1. The molecule has 1 fully saturated rings. The summed E-state index contributed by atoms with van der Waals surface area (Å²) in [7, 11) is 2.02. The zero-order valence-electron chi connectivity index (χ0n) is 17.8. The molecule has 2 aliphatic rings. The van der Waals surface area contributed by atoms with Crippen molar-refractivity contribution in [3.05, 3.63) is 62.7 Å². The molecule has 33 heavy (non-hydrogen) atoms. The lowest BCUT2D eigenvalue weighted by Crippen LogP contribution is -2.36. The summed E-state index contributed by atoms with van der Waals surface area (Å²) in [4.78, 5) is 24.3. The molecule has 0 aliphatic carbocycles. The molecule has 170 valence electrons. The lowest BCUT2D eigenvalue weighted by Gasteiger charge is -2.26. The van der Waals surface area contributed by atoms with Crippen molar-refractivity contribution in [1.82, 2.24) is 14.5 Å². The number of thioether (sulfide) groups is 1. The molecule has 1 aromatic heterocycles. The molecule has 0 saturated carbocycles. The largest absolute Gasteiger partial charge is 0.379 e. The molecule has 2 aromatic carbocycles. The topological polar surface area (TPSA) is 71.8 Å². The van der Waals surface area contributed by atoms with Crippen LogP contribution in [0.1, 0.15) is 11.4 Å². The Kier molecular flexibility index (Phi) is 6.44. The minimum Gasteiger partial charge on any atom is -0.379 e. The number of nitrogens with one attached hydrogen (secondary N) is 1. The van der Waals surface area contributed by atoms with E-state index in [0.717, 1.165) is 55.3 Å². The first-order chi connectivity index (χ1) is 16.0. The lowest BCUT2D eigenvalue weighted by molar-refractivity contribution is -0.113. The quantitative estimate of drug-likeness (QED) is 0.518. The molecule has 0 atom stereocenters. The zero-order chi connectivity index (χ0) is 22.9. The third kappa shape index (κ3) is 4.81. The molecule has 0 spiro atoms. The molecule has 5 rings (SSSR count). The average molecular weight is 502 g/mol. The van der Waals surface area contributed by atoms with Crippen LogP contribution in [0, 0.1) is 0 Å². The molecule has 0 bridgehead atoms. The molecule has 0 radical (unpaired) electrons. The number of morpholine rings is 1. The van der Waals surface area contributed by atoms with Gasteiger partial charge in [0.05, 0.1) is 51.4 Å². The normalized spacial score (nSPS) is 18.3. The first kappa shape index (κ1) is 22.4. The fourth-order valence-electron chi connectivity index (χ4n) is 3.79. The van der Waals surface area contributed by atoms with Gasteiger partial charge in [-0.3, -0.25) is 9.69 Å². The van der Waals surface area contributed by atoms with Crippen LogP contribution in [0.4, 0.5) is 5.69 Å². The highest BCUT2D eigenvalue weighted by Crippen LogP contribution is 2.34. The van der Waals surface area contributed by atoms with Crippen LogP contribution >= 0.6 is 35.0 Å². The standard InChI is InChI=1S/C23H21Cl2N5O2S/c1-29-18-11-14(5-6-17(18)26-20(29)13-30-7-9-32-10-8-30)12-19-22(31)28-23(33-19)27-21-15(24)3-2-4-16(21)25/h2-6,11-12H,7-10,13H2,1H3,(H,27,28,31). The summed E-state index contributed by atoms with van der Waals surface area (Å²) in [6.45, 7) is 4.13. The minimum absolute atomic E-state index is 0.302. The van der Waals surface area contributed by atoms with Crippen LogP contribution in [0.5, 0.6) is 0 Å². The molecule has 1 saturated heterocycles. The summed E-state index contributed by atoms with van der Waals surface area (Å²) < 4.78 is 7.55. The number of rotatable bonds is 4. The van der Waals surface area contributed by atoms with E-state index in [2.05, 4.69) is 19.8 Å². The Morgan fingerprint density at radius 2 is 1.94 bits per heavy atom. The van der Waals surface area contributed by atoms with Gasteiger partial charge in [-0.05, 0) is 47.7 Å². The predicted molar refractivity (Wildman–Crippen MR) is 135 cm³/mol. The van der Waals surface area contributed by atoms with E-state index in [4.69, 9.17) is 32.9 Å². The SMILES string of the molecule is Cn1c(CN2CCOCC2)nc2ccc(C=C3SC(Nc4c(Cl)cccc4Cl)=NC3=O)cc21. The van der Waals surface area contributed by atoms with E-state index in [1.54, 1.807) is 18.2 Å². The number of carbonyl (C=O) groups is 1. The van der Waals surface area contributed by atoms with Crippen LogP contribution in [-0.4, -0.2) is 51.8 Å². The van der Waals surface area contributed by atoms with E-state index >= 15 is 0 Å². The summed E-state index contributed by atoms with van der Waals surface area (Å²) in [5.74, 6) is 0.707. The van der Waals surface area contributed by atoms with Crippen LogP contribution in [0.15, 0.2) is 46.3 Å². The first-order valence-electron chi connectivity index (χ1n) is 10.5. The predicted octanol–water partition coefficient (Wildman–Crippen LogP) is 4.79. The number of aromatic nitrogens is 2. The molecule has 10 heteroatoms. The van der Waals surface area contributed by atoms with Crippen molar-refractivity contribution >= 4 is 68.8 Å². The maximum Gasteiger partial charge on any atom is 0.286 e. The second kappa shape index (κ2) is 9.48. The van der Waals surface area contributed by atoms with Gasteiger partial charge < -0.3 is 14.6 Å². The van der Waals surface area contributed by atoms with Gasteiger partial charge in [-0.15, -0.1) is 0 Å². The number of ether oxygens (including phenoxy) is 1. The van der Waals surface area contributed by atoms with Crippen molar-refractivity contribution < 1.29 is 9.53 Å². The Hall–Kier alpha value is -2.36. The highest BCUT2D eigenvalue weighted by atomic mass is 35.5. The third-order valence-corrected chi connectivity index (χ3v) is 7.11. The second-order valence-electron chi connectivity index (χ2n) is 7.78. The molecule has 2 aliphatic heterocycles. The number of anilines is 1. The number of benzene rings is 2. The smallest absolute Gasteiger partial charge is 0.286 e. The van der Waals surface area contributed by atoms with Gasteiger partial charge in [-0.25, -0.2) is 4.98 Å². The van der Waals surface area contributed by atoms with Crippen LogP contribution in [-0.2, 0) is 23.1 Å². The Balaban J connectivity index is 1.34. The maximum absolute atomic E-state index is 12.5. The van der Waals surface area contributed by atoms with E-state index in [1.807, 2.05) is 31.3 Å². The Morgan fingerprint density at radius 3 is 2.70 bits per heavy atom. The van der Waals surface area contributed by atoms with E-state index in [-0.39, 0.29) is 5.91 Å². The highest BCUT2D eigenvalue weighted by Gasteiger charge is 2.23. The third-order valence-electron chi connectivity index (χ3n) is 5.58. The van der Waals surface area contributed by atoms with Crippen molar-refractivity contribution in [3.63, 3.8) is 0 Å². The molecular weight excluding hydrogens is 481 g/mol. The zero-order valence-corrected chi connectivity index (χ0v) is 20.2. The van der Waals surface area contributed by atoms with Crippen LogP contribution in [0.3, 0.4) is 0 Å². The van der Waals surface area contributed by atoms with Gasteiger partial charge in [0.2, 0.25) is 0 Å². The van der Waals surface area contributed by atoms with Crippen molar-refractivity contribution in [2.24, 2.45) is 12.0 Å². The van der Waals surface area contributed by atoms with Gasteiger partial charge in [0.1, 0.15) is 5.82 Å². The molecule has 3 heterocycles. The number of nitrogens with zero attached hydrogens (tertiary/aromatic N) is 4. The first-order valence-corrected chi connectivity index (χ1v) is 12.0. The summed E-state index contributed by atoms with van der Waals surface area (Å²) in [5, 5.41) is 4.43. The van der Waals surface area contributed by atoms with Crippen molar-refractivity contribution in [3.8, 4) is 0 Å². The van der Waals surface area contributed by atoms with E-state index in [0.29, 0.717) is 25.8 Å². The fraction of sp³-hybridized carbons (Fsp3) is 0.261. The van der Waals surface area contributed by atoms with Gasteiger partial charge in [0.15, 0.2) is 5.17 Å². The Labute approximate surface area is 205 Å². The number of aryl methyl sites for hydroxylation is 1. The maximum atomic E-state index is 12.5. The lowest BCUT2D eigenvalue weighted by atomic mass is 10.2. The van der Waals surface area contributed by atoms with Crippen molar-refractivity contribution in [1.29, 1.82) is 0 Å². The number of fused-ring (bicyclic) bond motifs is 1. The Bertz CT molecular complexity index is 1280. The number of para-hydroxylation sites is 1. The second-order valence-corrected chi connectivity index (χ2v) is 9.62. The highest BCUT2D eigenvalue weighted by molar-refractivity contribution is 8.18. The molecular formula is C23H21Cl2N5O2S. The van der Waals surface area contributed by atoms with Gasteiger partial charge >= 0.3 is 0 Å². The number of halogens is 2. The molecule has 1 amide bonds. The summed E-state index contributed by atoms with van der Waals surface area (Å²) >= 11 is 13.7. The van der Waals surface area contributed by atoms with Gasteiger partial charge in [-0.2, -0.15) is 4.99 Å². The minimum atomic E-state index is -0.302. The van der Waals surface area contributed by atoms with E-state index < -0.39 is 0 Å². The van der Waals surface area contributed by atoms with Crippen molar-refractivity contribution in [2.75, 3.05) is 31.6 Å². The summed E-state index contributed by atoms with van der Waals surface area (Å²) in [6.07, 6.45) is 1.84. The van der Waals surface area contributed by atoms with Crippen LogP contribution in [0.2, 0.25) is 10.0 Å². The average Bonchev–Trinajstić information content (AvgIpc) is 3.30. The number of hydrogen-bond donors (Lipinski definition) is 1. The molecule has 3 aromatic rings. The number of imidazole rings is 1. The van der Waals surface area contributed by atoms with Gasteiger partial charge in [0, 0.05) is 20.1 Å². The molecule has 0 unspecified atom stereocenters.